The highest BCUT2D eigenvalue weighted by Crippen LogP contribution is 2.20. The van der Waals surface area contributed by atoms with E-state index in [4.69, 9.17) is 0 Å². The number of carbonyl (C=O) groups excluding carboxylic acids is 1. The Bertz CT molecular complexity index is 987. The number of amides is 1. The first kappa shape index (κ1) is 18.8. The van der Waals surface area contributed by atoms with Crippen LogP contribution in [0.5, 0.6) is 0 Å². The van der Waals surface area contributed by atoms with Crippen LogP contribution in [-0.2, 0) is 10.0 Å². The van der Waals surface area contributed by atoms with Gasteiger partial charge >= 0.3 is 0 Å². The van der Waals surface area contributed by atoms with E-state index in [9.17, 15) is 13.2 Å². The van der Waals surface area contributed by atoms with E-state index >= 15 is 0 Å². The van der Waals surface area contributed by atoms with Crippen LogP contribution in [0.4, 0.5) is 0 Å². The maximum atomic E-state index is 12.4. The molecule has 0 radical (unpaired) electrons. The number of rotatable bonds is 7. The standard InChI is InChI=1S/C21H20N2O3S/c24-21(19-9-5-2-6-10-19)22-15-16-23-27(25,26)20-13-11-18(12-14-20)17-7-3-1-4-8-17/h1-14,23H,15-16H2,(H,22,24). The molecule has 0 saturated heterocycles. The predicted molar refractivity (Wildman–Crippen MR) is 106 cm³/mol. The van der Waals surface area contributed by atoms with Gasteiger partial charge in [0.2, 0.25) is 10.0 Å². The van der Waals surface area contributed by atoms with Crippen LogP contribution in [0.3, 0.4) is 0 Å². The molecule has 0 spiro atoms. The average molecular weight is 380 g/mol. The lowest BCUT2D eigenvalue weighted by atomic mass is 10.1. The van der Waals surface area contributed by atoms with Crippen LogP contribution < -0.4 is 10.0 Å². The molecule has 0 aliphatic heterocycles. The van der Waals surface area contributed by atoms with Gasteiger partial charge in [0.05, 0.1) is 4.90 Å². The lowest BCUT2D eigenvalue weighted by molar-refractivity contribution is 0.0954. The van der Waals surface area contributed by atoms with Gasteiger partial charge < -0.3 is 5.32 Å². The Morgan fingerprint density at radius 3 is 1.89 bits per heavy atom. The van der Waals surface area contributed by atoms with Crippen molar-refractivity contribution in [3.05, 3.63) is 90.5 Å². The van der Waals surface area contributed by atoms with Crippen LogP contribution in [0.1, 0.15) is 10.4 Å². The molecular weight excluding hydrogens is 360 g/mol. The largest absolute Gasteiger partial charge is 0.351 e. The van der Waals surface area contributed by atoms with Crippen LogP contribution in [0.15, 0.2) is 89.8 Å². The molecule has 0 fully saturated rings. The molecule has 0 heterocycles. The number of hydrogen-bond donors (Lipinski definition) is 2. The SMILES string of the molecule is O=C(NCCNS(=O)(=O)c1ccc(-c2ccccc2)cc1)c1ccccc1. The minimum Gasteiger partial charge on any atom is -0.351 e. The maximum Gasteiger partial charge on any atom is 0.251 e. The van der Waals surface area contributed by atoms with Crippen molar-refractivity contribution < 1.29 is 13.2 Å². The number of sulfonamides is 1. The minimum atomic E-state index is -3.62. The first-order valence-corrected chi connectivity index (χ1v) is 10.0. The molecule has 138 valence electrons. The summed E-state index contributed by atoms with van der Waals surface area (Å²) in [6.07, 6.45) is 0. The van der Waals surface area contributed by atoms with Gasteiger partial charge in [0.15, 0.2) is 0 Å². The van der Waals surface area contributed by atoms with Crippen LogP contribution in [0.2, 0.25) is 0 Å². The zero-order valence-corrected chi connectivity index (χ0v) is 15.4. The molecule has 0 bridgehead atoms. The summed E-state index contributed by atoms with van der Waals surface area (Å²) in [5.74, 6) is -0.234. The lowest BCUT2D eigenvalue weighted by Crippen LogP contribution is -2.34. The van der Waals surface area contributed by atoms with Crippen molar-refractivity contribution in [2.75, 3.05) is 13.1 Å². The molecule has 2 N–H and O–H groups in total. The van der Waals surface area contributed by atoms with Gasteiger partial charge in [-0.05, 0) is 35.4 Å². The van der Waals surface area contributed by atoms with Gasteiger partial charge in [-0.25, -0.2) is 13.1 Å². The van der Waals surface area contributed by atoms with Gasteiger partial charge in [-0.2, -0.15) is 0 Å². The fourth-order valence-corrected chi connectivity index (χ4v) is 3.63. The molecule has 3 aromatic carbocycles. The highest BCUT2D eigenvalue weighted by Gasteiger charge is 2.13. The van der Waals surface area contributed by atoms with Gasteiger partial charge in [-0.1, -0.05) is 60.7 Å². The number of benzene rings is 3. The van der Waals surface area contributed by atoms with Gasteiger partial charge in [-0.15, -0.1) is 0 Å². The normalized spacial score (nSPS) is 11.1. The smallest absolute Gasteiger partial charge is 0.251 e. The van der Waals surface area contributed by atoms with Crippen LogP contribution in [0.25, 0.3) is 11.1 Å². The van der Waals surface area contributed by atoms with Crippen molar-refractivity contribution in [1.82, 2.24) is 10.0 Å². The monoisotopic (exact) mass is 380 g/mol. The molecule has 0 saturated carbocycles. The molecule has 0 unspecified atom stereocenters. The zero-order chi connectivity index (χ0) is 19.1. The molecule has 3 rings (SSSR count). The second-order valence-corrected chi connectivity index (χ2v) is 7.68. The van der Waals surface area contributed by atoms with Crippen molar-refractivity contribution in [3.63, 3.8) is 0 Å². The molecule has 27 heavy (non-hydrogen) atoms. The van der Waals surface area contributed by atoms with E-state index < -0.39 is 10.0 Å². The molecule has 0 atom stereocenters. The summed E-state index contributed by atoms with van der Waals surface area (Å²) < 4.78 is 27.2. The second-order valence-electron chi connectivity index (χ2n) is 5.91. The topological polar surface area (TPSA) is 75.3 Å². The number of nitrogens with one attached hydrogen (secondary N) is 2. The summed E-state index contributed by atoms with van der Waals surface area (Å²) in [4.78, 5) is 12.1. The molecule has 0 aromatic heterocycles. The number of carbonyl (C=O) groups is 1. The van der Waals surface area contributed by atoms with E-state index in [1.807, 2.05) is 36.4 Å². The quantitative estimate of drug-likeness (QED) is 0.619. The second kappa shape index (κ2) is 8.62. The minimum absolute atomic E-state index is 0.112. The van der Waals surface area contributed by atoms with Crippen LogP contribution >= 0.6 is 0 Å². The van der Waals surface area contributed by atoms with Crippen molar-refractivity contribution >= 4 is 15.9 Å². The average Bonchev–Trinajstić information content (AvgIpc) is 2.72. The van der Waals surface area contributed by atoms with Crippen LogP contribution in [-0.4, -0.2) is 27.4 Å². The predicted octanol–water partition coefficient (Wildman–Crippen LogP) is 3.06. The highest BCUT2D eigenvalue weighted by molar-refractivity contribution is 7.89. The van der Waals surface area contributed by atoms with Crippen LogP contribution in [0, 0.1) is 0 Å². The van der Waals surface area contributed by atoms with E-state index in [1.165, 1.54) is 0 Å². The summed E-state index contributed by atoms with van der Waals surface area (Å²) in [6, 6.07) is 25.2. The van der Waals surface area contributed by atoms with Gasteiger partial charge in [-0.3, -0.25) is 4.79 Å². The molecule has 6 heteroatoms. The summed E-state index contributed by atoms with van der Waals surface area (Å²) in [5, 5.41) is 2.69. The lowest BCUT2D eigenvalue weighted by Gasteiger charge is -2.09. The molecule has 0 aliphatic rings. The first-order chi connectivity index (χ1) is 13.1. The highest BCUT2D eigenvalue weighted by atomic mass is 32.2. The Balaban J connectivity index is 1.55. The molecule has 5 nitrogen and oxygen atoms in total. The third-order valence-corrected chi connectivity index (χ3v) is 5.49. The van der Waals surface area contributed by atoms with Gasteiger partial charge in [0.1, 0.15) is 0 Å². The van der Waals surface area contributed by atoms with Crippen molar-refractivity contribution in [2.24, 2.45) is 0 Å². The van der Waals surface area contributed by atoms with E-state index in [0.717, 1.165) is 11.1 Å². The summed E-state index contributed by atoms with van der Waals surface area (Å²) in [7, 11) is -3.62. The molecule has 0 aliphatic carbocycles. The van der Waals surface area contributed by atoms with Gasteiger partial charge in [0, 0.05) is 18.7 Å². The van der Waals surface area contributed by atoms with Crippen molar-refractivity contribution in [2.45, 2.75) is 4.90 Å². The first-order valence-electron chi connectivity index (χ1n) is 8.55. The summed E-state index contributed by atoms with van der Waals surface area (Å²) >= 11 is 0. The van der Waals surface area contributed by atoms with E-state index in [-0.39, 0.29) is 23.9 Å². The zero-order valence-electron chi connectivity index (χ0n) is 14.6. The van der Waals surface area contributed by atoms with E-state index in [0.29, 0.717) is 5.56 Å². The van der Waals surface area contributed by atoms with Gasteiger partial charge in [0.25, 0.3) is 5.91 Å². The molecular formula is C21H20N2O3S. The summed E-state index contributed by atoms with van der Waals surface area (Å²) in [5.41, 5.74) is 2.51. The van der Waals surface area contributed by atoms with Crippen molar-refractivity contribution in [1.29, 1.82) is 0 Å². The fourth-order valence-electron chi connectivity index (χ4n) is 2.59. The van der Waals surface area contributed by atoms with E-state index in [1.54, 1.807) is 48.5 Å². The Morgan fingerprint density at radius 2 is 1.26 bits per heavy atom. The fraction of sp³-hybridized carbons (Fsp3) is 0.0952. The summed E-state index contributed by atoms with van der Waals surface area (Å²) in [6.45, 7) is 0.316. The Kier molecular flexibility index (Phi) is 6.01. The molecule has 3 aromatic rings. The van der Waals surface area contributed by atoms with E-state index in [2.05, 4.69) is 10.0 Å². The Morgan fingerprint density at radius 1 is 0.704 bits per heavy atom. The molecule has 1 amide bonds. The third-order valence-electron chi connectivity index (χ3n) is 4.01. The Labute approximate surface area is 159 Å². The maximum absolute atomic E-state index is 12.4. The Hall–Kier alpha value is -2.96. The number of hydrogen-bond acceptors (Lipinski definition) is 3. The van der Waals surface area contributed by atoms with Crippen molar-refractivity contribution in [3.8, 4) is 11.1 Å². The third kappa shape index (κ3) is 5.03.